The molecule has 7 nitrogen and oxygen atoms in total. The van der Waals surface area contributed by atoms with Gasteiger partial charge in [0, 0.05) is 17.1 Å². The largest absolute Gasteiger partial charge is 0.480 e. The maximum Gasteiger partial charge on any atom is 0.321 e. The lowest BCUT2D eigenvalue weighted by molar-refractivity contribution is -0.139. The highest BCUT2D eigenvalue weighted by atomic mass is 35.5. The molecule has 0 heterocycles. The minimum Gasteiger partial charge on any atom is -0.480 e. The van der Waals surface area contributed by atoms with E-state index in [-0.39, 0.29) is 29.3 Å². The summed E-state index contributed by atoms with van der Waals surface area (Å²) in [7, 11) is -4.08. The third-order valence-electron chi connectivity index (χ3n) is 5.07. The average Bonchev–Trinajstić information content (AvgIpc) is 2.83. The van der Waals surface area contributed by atoms with Crippen LogP contribution in [0.4, 0.5) is 0 Å². The van der Waals surface area contributed by atoms with Crippen LogP contribution in [0.5, 0.6) is 0 Å². The molecule has 3 N–H and O–H groups in total. The van der Waals surface area contributed by atoms with Crippen molar-refractivity contribution in [3.8, 4) is 11.1 Å². The van der Waals surface area contributed by atoms with Gasteiger partial charge in [0.2, 0.25) is 10.0 Å². The van der Waals surface area contributed by atoms with E-state index in [0.717, 1.165) is 11.1 Å². The molecule has 35 heavy (non-hydrogen) atoms. The van der Waals surface area contributed by atoms with Crippen molar-refractivity contribution < 1.29 is 23.1 Å². The molecule has 0 radical (unpaired) electrons. The van der Waals surface area contributed by atoms with Crippen LogP contribution in [0, 0.1) is 0 Å². The smallest absolute Gasteiger partial charge is 0.321 e. The number of carbonyl (C=O) groups excluding carboxylic acids is 1. The number of aliphatic carboxylic acids is 1. The first-order valence-electron chi connectivity index (χ1n) is 10.4. The van der Waals surface area contributed by atoms with E-state index >= 15 is 0 Å². The fourth-order valence-electron chi connectivity index (χ4n) is 3.20. The molecule has 0 spiro atoms. The Morgan fingerprint density at radius 2 is 1.46 bits per heavy atom. The molecule has 0 aliphatic rings. The van der Waals surface area contributed by atoms with E-state index in [4.69, 9.17) is 34.8 Å². The van der Waals surface area contributed by atoms with Crippen LogP contribution in [0.15, 0.2) is 71.6 Å². The number of rotatable bonds is 10. The summed E-state index contributed by atoms with van der Waals surface area (Å²) >= 11 is 17.6. The van der Waals surface area contributed by atoms with E-state index in [9.17, 15) is 23.1 Å². The Kier molecular flexibility index (Phi) is 9.15. The number of carboxylic acids is 1. The SMILES string of the molecule is O=C(NCCC[C@H](NS(=O)(=O)c1ccc(-c2ccc(Cl)cc2)cc1)C(=O)O)c1ccc(Cl)c(Cl)c1. The van der Waals surface area contributed by atoms with Crippen LogP contribution < -0.4 is 10.0 Å². The number of carbonyl (C=O) groups is 2. The highest BCUT2D eigenvalue weighted by Crippen LogP contribution is 2.24. The molecule has 0 aliphatic carbocycles. The first kappa shape index (κ1) is 27.0. The highest BCUT2D eigenvalue weighted by molar-refractivity contribution is 7.89. The fraction of sp³-hybridized carbons (Fsp3) is 0.167. The van der Waals surface area contributed by atoms with Gasteiger partial charge in [0.1, 0.15) is 6.04 Å². The molecule has 1 atom stereocenters. The van der Waals surface area contributed by atoms with Gasteiger partial charge in [-0.05, 0) is 66.4 Å². The summed E-state index contributed by atoms with van der Waals surface area (Å²) in [6.07, 6.45) is 0.196. The number of sulfonamides is 1. The molecule has 0 fully saturated rings. The van der Waals surface area contributed by atoms with E-state index in [2.05, 4.69) is 10.0 Å². The van der Waals surface area contributed by atoms with E-state index in [0.29, 0.717) is 15.6 Å². The number of hydrogen-bond donors (Lipinski definition) is 3. The Balaban J connectivity index is 1.57. The van der Waals surface area contributed by atoms with Gasteiger partial charge < -0.3 is 10.4 Å². The van der Waals surface area contributed by atoms with E-state index in [1.165, 1.54) is 30.3 Å². The second-order valence-corrected chi connectivity index (χ2v) is 10.5. The number of hydrogen-bond acceptors (Lipinski definition) is 4. The van der Waals surface area contributed by atoms with Gasteiger partial charge in [-0.25, -0.2) is 8.42 Å². The Bertz CT molecular complexity index is 1310. The van der Waals surface area contributed by atoms with Gasteiger partial charge in [-0.1, -0.05) is 59.1 Å². The summed E-state index contributed by atoms with van der Waals surface area (Å²) in [5, 5.41) is 13.3. The zero-order valence-electron chi connectivity index (χ0n) is 18.2. The predicted molar refractivity (Wildman–Crippen MR) is 137 cm³/mol. The topological polar surface area (TPSA) is 113 Å². The molecule has 0 unspecified atom stereocenters. The maximum absolute atomic E-state index is 12.7. The Morgan fingerprint density at radius 3 is 2.03 bits per heavy atom. The van der Waals surface area contributed by atoms with Crippen molar-refractivity contribution in [2.24, 2.45) is 0 Å². The quantitative estimate of drug-likeness (QED) is 0.296. The Hall–Kier alpha value is -2.62. The van der Waals surface area contributed by atoms with Gasteiger partial charge in [-0.2, -0.15) is 4.72 Å². The molecule has 3 aromatic carbocycles. The molecule has 0 aromatic heterocycles. The summed E-state index contributed by atoms with van der Waals surface area (Å²) in [5.41, 5.74) is 1.95. The van der Waals surface area contributed by atoms with Gasteiger partial charge in [0.05, 0.1) is 14.9 Å². The summed E-state index contributed by atoms with van der Waals surface area (Å²) in [6, 6.07) is 16.2. The Labute approximate surface area is 218 Å². The molecular weight excluding hydrogens is 535 g/mol. The van der Waals surface area contributed by atoms with Crippen molar-refractivity contribution >= 4 is 56.7 Å². The molecule has 0 saturated carbocycles. The van der Waals surface area contributed by atoms with Crippen LogP contribution in [0.1, 0.15) is 23.2 Å². The van der Waals surface area contributed by atoms with E-state index in [1.807, 2.05) is 12.1 Å². The van der Waals surface area contributed by atoms with Gasteiger partial charge in [-0.3, -0.25) is 9.59 Å². The van der Waals surface area contributed by atoms with Gasteiger partial charge in [-0.15, -0.1) is 0 Å². The predicted octanol–water partition coefficient (Wildman–Crippen LogP) is 5.26. The molecule has 11 heteroatoms. The van der Waals surface area contributed by atoms with Gasteiger partial charge in [0.25, 0.3) is 5.91 Å². The lowest BCUT2D eigenvalue weighted by atomic mass is 10.1. The van der Waals surface area contributed by atoms with Crippen LogP contribution in [0.2, 0.25) is 15.1 Å². The zero-order valence-corrected chi connectivity index (χ0v) is 21.3. The van der Waals surface area contributed by atoms with Crippen LogP contribution in [-0.4, -0.2) is 38.0 Å². The molecule has 3 aromatic rings. The van der Waals surface area contributed by atoms with Crippen molar-refractivity contribution in [3.05, 3.63) is 87.4 Å². The lowest BCUT2D eigenvalue weighted by Gasteiger charge is -2.15. The normalized spacial score (nSPS) is 12.2. The van der Waals surface area contributed by atoms with Crippen LogP contribution in [0.3, 0.4) is 0 Å². The van der Waals surface area contributed by atoms with Crippen molar-refractivity contribution in [1.82, 2.24) is 10.0 Å². The van der Waals surface area contributed by atoms with E-state index in [1.54, 1.807) is 24.3 Å². The first-order chi connectivity index (χ1) is 16.6. The first-order valence-corrected chi connectivity index (χ1v) is 13.0. The molecule has 3 rings (SSSR count). The number of carboxylic acid groups (broad SMARTS) is 1. The second-order valence-electron chi connectivity index (χ2n) is 7.57. The summed E-state index contributed by atoms with van der Waals surface area (Å²) in [6.45, 7) is 0.139. The van der Waals surface area contributed by atoms with Crippen LogP contribution >= 0.6 is 34.8 Å². The van der Waals surface area contributed by atoms with Crippen LogP contribution in [-0.2, 0) is 14.8 Å². The number of nitrogens with one attached hydrogen (secondary N) is 2. The number of halogens is 3. The van der Waals surface area contributed by atoms with Crippen molar-refractivity contribution in [3.63, 3.8) is 0 Å². The zero-order chi connectivity index (χ0) is 25.6. The molecule has 184 valence electrons. The molecule has 0 saturated heterocycles. The summed E-state index contributed by atoms with van der Waals surface area (Å²) in [4.78, 5) is 23.8. The molecular formula is C24H21Cl3N2O5S. The van der Waals surface area contributed by atoms with Crippen molar-refractivity contribution in [2.45, 2.75) is 23.8 Å². The highest BCUT2D eigenvalue weighted by Gasteiger charge is 2.25. The van der Waals surface area contributed by atoms with E-state index < -0.39 is 27.9 Å². The van der Waals surface area contributed by atoms with Gasteiger partial charge >= 0.3 is 5.97 Å². The van der Waals surface area contributed by atoms with Crippen LogP contribution in [0.25, 0.3) is 11.1 Å². The lowest BCUT2D eigenvalue weighted by Crippen LogP contribution is -2.41. The minimum absolute atomic E-state index is 0.0287. The Morgan fingerprint density at radius 1 is 0.857 bits per heavy atom. The summed E-state index contributed by atoms with van der Waals surface area (Å²) < 4.78 is 27.7. The second kappa shape index (κ2) is 11.9. The van der Waals surface area contributed by atoms with Crippen molar-refractivity contribution in [2.75, 3.05) is 6.54 Å². The molecule has 1 amide bonds. The number of amides is 1. The standard InChI is InChI=1S/C24H21Cl3N2O5S/c25-18-8-3-15(4-9-18)16-5-10-19(11-6-16)35(33,34)29-22(24(31)32)2-1-13-28-23(30)17-7-12-20(26)21(27)14-17/h3-12,14,22,29H,1-2,13H2,(H,28,30)(H,31,32)/t22-/m0/s1. The minimum atomic E-state index is -4.08. The summed E-state index contributed by atoms with van der Waals surface area (Å²) in [5.74, 6) is -1.72. The average molecular weight is 556 g/mol. The molecule has 0 aliphatic heterocycles. The fourth-order valence-corrected chi connectivity index (χ4v) is 4.85. The van der Waals surface area contributed by atoms with Crippen molar-refractivity contribution in [1.29, 1.82) is 0 Å². The maximum atomic E-state index is 12.7. The molecule has 0 bridgehead atoms. The third kappa shape index (κ3) is 7.43. The monoisotopic (exact) mass is 554 g/mol. The third-order valence-corrected chi connectivity index (χ3v) is 7.55. The van der Waals surface area contributed by atoms with Gasteiger partial charge in [0.15, 0.2) is 0 Å². The number of benzene rings is 3.